The fourth-order valence-corrected chi connectivity index (χ4v) is 3.03. The summed E-state index contributed by atoms with van der Waals surface area (Å²) in [7, 11) is 0. The van der Waals surface area contributed by atoms with E-state index in [2.05, 4.69) is 18.7 Å². The van der Waals surface area contributed by atoms with Gasteiger partial charge in [-0.25, -0.2) is 4.79 Å². The first-order valence-corrected chi connectivity index (χ1v) is 10.6. The van der Waals surface area contributed by atoms with Gasteiger partial charge in [0.05, 0.1) is 12.8 Å². The van der Waals surface area contributed by atoms with Crippen LogP contribution in [0.5, 0.6) is 11.5 Å². The zero-order valence-corrected chi connectivity index (χ0v) is 19.4. The predicted octanol–water partition coefficient (Wildman–Crippen LogP) is 1.20. The van der Waals surface area contributed by atoms with Crippen molar-refractivity contribution in [2.24, 2.45) is 0 Å². The summed E-state index contributed by atoms with van der Waals surface area (Å²) < 4.78 is 16.7. The van der Waals surface area contributed by atoms with Gasteiger partial charge in [0.15, 0.2) is 17.1 Å². The molecule has 12 heteroatoms. The predicted molar refractivity (Wildman–Crippen MR) is 117 cm³/mol. The van der Waals surface area contributed by atoms with Crippen LogP contribution in [0.4, 0.5) is 0 Å². The fourth-order valence-electron chi connectivity index (χ4n) is 3.03. The van der Waals surface area contributed by atoms with E-state index in [0.29, 0.717) is 18.1 Å². The summed E-state index contributed by atoms with van der Waals surface area (Å²) in [4.78, 5) is 44.6. The van der Waals surface area contributed by atoms with Gasteiger partial charge in [0.25, 0.3) is 5.79 Å². The van der Waals surface area contributed by atoms with Gasteiger partial charge in [0.1, 0.15) is 13.0 Å². The quantitative estimate of drug-likeness (QED) is 0.311. The molecule has 0 aromatic heterocycles. The summed E-state index contributed by atoms with van der Waals surface area (Å²) >= 11 is 0. The number of carbonyl (C=O) groups is 4. The number of esters is 1. The summed E-state index contributed by atoms with van der Waals surface area (Å²) in [5, 5.41) is 33.8. The van der Waals surface area contributed by atoms with E-state index in [1.54, 1.807) is 6.92 Å². The molecule has 1 aliphatic heterocycles. The van der Waals surface area contributed by atoms with E-state index in [-0.39, 0.29) is 12.4 Å². The van der Waals surface area contributed by atoms with Crippen LogP contribution in [0, 0.1) is 0 Å². The number of aliphatic hydroxyl groups is 1. The van der Waals surface area contributed by atoms with Crippen molar-refractivity contribution in [1.82, 2.24) is 4.90 Å². The lowest BCUT2D eigenvalue weighted by molar-refractivity contribution is -0.170. The van der Waals surface area contributed by atoms with E-state index < -0.39 is 42.1 Å². The molecule has 0 spiro atoms. The molecule has 1 aromatic carbocycles. The Labute approximate surface area is 196 Å². The Kier molecular flexibility index (Phi) is 10.7. The number of hydrogen-bond acceptors (Lipinski definition) is 9. The Morgan fingerprint density at radius 1 is 0.971 bits per heavy atom. The maximum atomic E-state index is 11.9. The zero-order valence-electron chi connectivity index (χ0n) is 19.4. The average molecular weight is 485 g/mol. The molecule has 12 nitrogen and oxygen atoms in total. The standard InChI is InChI=1S/C16H23NO4.C6H8O7/c1-4-17(5-2)10-11-19-15(18)12-16(3)20-13-8-6-7-9-14(13)21-16;7-3(8)1-6(13,5(11)12)2-4(9)10/h6-9H,4-5,10-12H2,1-3H3;13H,1-2H2,(H,7,8)(H,9,10)(H,11,12). The highest BCUT2D eigenvalue weighted by molar-refractivity contribution is 5.88. The summed E-state index contributed by atoms with van der Waals surface area (Å²) in [5.74, 6) is -4.98. The van der Waals surface area contributed by atoms with Gasteiger partial charge < -0.3 is 39.5 Å². The number of hydrogen-bond donors (Lipinski definition) is 4. The number of rotatable bonds is 12. The molecule has 0 amide bonds. The van der Waals surface area contributed by atoms with Crippen LogP contribution in [0.2, 0.25) is 0 Å². The summed E-state index contributed by atoms with van der Waals surface area (Å²) in [5.41, 5.74) is -2.74. The number of ether oxygens (including phenoxy) is 3. The molecule has 0 saturated carbocycles. The van der Waals surface area contributed by atoms with E-state index >= 15 is 0 Å². The van der Waals surface area contributed by atoms with Gasteiger partial charge in [0, 0.05) is 13.5 Å². The molecule has 0 fully saturated rings. The third kappa shape index (κ3) is 9.24. The van der Waals surface area contributed by atoms with Gasteiger partial charge in [-0.15, -0.1) is 0 Å². The first kappa shape index (κ1) is 28.7. The Morgan fingerprint density at radius 2 is 1.44 bits per heavy atom. The van der Waals surface area contributed by atoms with Gasteiger partial charge in [-0.1, -0.05) is 26.0 Å². The molecule has 1 aromatic rings. The number of nitrogens with zero attached hydrogens (tertiary/aromatic N) is 1. The molecule has 0 radical (unpaired) electrons. The molecule has 0 unspecified atom stereocenters. The van der Waals surface area contributed by atoms with Crippen molar-refractivity contribution in [2.75, 3.05) is 26.2 Å². The number of benzene rings is 1. The SMILES string of the molecule is CCN(CC)CCOC(=O)CC1(C)Oc2ccccc2O1.O=C(O)CC(O)(CC(=O)O)C(=O)O. The summed E-state index contributed by atoms with van der Waals surface area (Å²) in [6.07, 6.45) is -2.22. The maximum Gasteiger partial charge on any atom is 0.336 e. The van der Waals surface area contributed by atoms with Gasteiger partial charge in [-0.3, -0.25) is 14.4 Å². The van der Waals surface area contributed by atoms with Crippen molar-refractivity contribution < 1.29 is 53.8 Å². The maximum absolute atomic E-state index is 11.9. The Hall–Kier alpha value is -3.38. The molecule has 0 atom stereocenters. The van der Waals surface area contributed by atoms with E-state index in [0.717, 1.165) is 19.6 Å². The molecule has 0 bridgehead atoms. The largest absolute Gasteiger partial charge is 0.481 e. The van der Waals surface area contributed by atoms with Crippen LogP contribution in [0.25, 0.3) is 0 Å². The number of carboxylic acid groups (broad SMARTS) is 3. The molecule has 190 valence electrons. The average Bonchev–Trinajstić information content (AvgIpc) is 3.05. The smallest absolute Gasteiger partial charge is 0.336 e. The molecule has 34 heavy (non-hydrogen) atoms. The summed E-state index contributed by atoms with van der Waals surface area (Å²) in [6, 6.07) is 7.39. The molecular weight excluding hydrogens is 454 g/mol. The fraction of sp³-hybridized carbons (Fsp3) is 0.545. The second-order valence-electron chi connectivity index (χ2n) is 7.69. The highest BCUT2D eigenvalue weighted by Crippen LogP contribution is 2.40. The van der Waals surface area contributed by atoms with Gasteiger partial charge in [-0.05, 0) is 25.2 Å². The molecule has 0 saturated heterocycles. The van der Waals surface area contributed by atoms with E-state index in [1.807, 2.05) is 24.3 Å². The molecule has 1 aliphatic rings. The van der Waals surface area contributed by atoms with Crippen LogP contribution in [-0.4, -0.2) is 86.8 Å². The minimum absolute atomic E-state index is 0.0694. The van der Waals surface area contributed by atoms with Crippen LogP contribution in [-0.2, 0) is 23.9 Å². The van der Waals surface area contributed by atoms with Crippen molar-refractivity contribution in [1.29, 1.82) is 0 Å². The van der Waals surface area contributed by atoms with E-state index in [9.17, 15) is 19.2 Å². The Balaban J connectivity index is 0.000000385. The summed E-state index contributed by atoms with van der Waals surface area (Å²) in [6.45, 7) is 8.97. The van der Waals surface area contributed by atoms with Crippen LogP contribution in [0.3, 0.4) is 0 Å². The normalized spacial score (nSPS) is 13.6. The van der Waals surface area contributed by atoms with Gasteiger partial charge >= 0.3 is 23.9 Å². The highest BCUT2D eigenvalue weighted by atomic mass is 16.7. The van der Waals surface area contributed by atoms with Crippen molar-refractivity contribution in [3.05, 3.63) is 24.3 Å². The molecule has 1 heterocycles. The van der Waals surface area contributed by atoms with Crippen LogP contribution in [0.15, 0.2) is 24.3 Å². The third-order valence-electron chi connectivity index (χ3n) is 4.82. The van der Waals surface area contributed by atoms with Gasteiger partial charge in [-0.2, -0.15) is 0 Å². The minimum atomic E-state index is -2.74. The Bertz CT molecular complexity index is 825. The van der Waals surface area contributed by atoms with Crippen molar-refractivity contribution >= 4 is 23.9 Å². The third-order valence-corrected chi connectivity index (χ3v) is 4.82. The van der Waals surface area contributed by atoms with Crippen LogP contribution >= 0.6 is 0 Å². The lowest BCUT2D eigenvalue weighted by atomic mass is 9.96. The van der Waals surface area contributed by atoms with E-state index in [1.165, 1.54) is 0 Å². The minimum Gasteiger partial charge on any atom is -0.481 e. The zero-order chi connectivity index (χ0) is 25.9. The topological polar surface area (TPSA) is 180 Å². The lowest BCUT2D eigenvalue weighted by Crippen LogP contribution is -2.42. The van der Waals surface area contributed by atoms with Gasteiger partial charge in [0.2, 0.25) is 0 Å². The number of likely N-dealkylation sites (N-methyl/N-ethyl adjacent to an activating group) is 1. The molecule has 2 rings (SSSR count). The van der Waals surface area contributed by atoms with Crippen molar-refractivity contribution in [2.45, 2.75) is 51.4 Å². The molecular formula is C22H31NO11. The van der Waals surface area contributed by atoms with E-state index in [4.69, 9.17) is 34.6 Å². The highest BCUT2D eigenvalue weighted by Gasteiger charge is 2.41. The second-order valence-corrected chi connectivity index (χ2v) is 7.69. The molecule has 4 N–H and O–H groups in total. The number of para-hydroxylation sites is 2. The number of fused-ring (bicyclic) bond motifs is 1. The first-order valence-electron chi connectivity index (χ1n) is 10.6. The monoisotopic (exact) mass is 485 g/mol. The molecule has 0 aliphatic carbocycles. The first-order chi connectivity index (χ1) is 15.8. The number of carbonyl (C=O) groups excluding carboxylic acids is 1. The Morgan fingerprint density at radius 3 is 1.82 bits per heavy atom. The number of carboxylic acids is 3. The van der Waals surface area contributed by atoms with Crippen LogP contribution < -0.4 is 9.47 Å². The number of aliphatic carboxylic acids is 3. The second kappa shape index (κ2) is 12.8. The lowest BCUT2D eigenvalue weighted by Gasteiger charge is -2.22. The van der Waals surface area contributed by atoms with Crippen LogP contribution in [0.1, 0.15) is 40.0 Å². The van der Waals surface area contributed by atoms with Crippen molar-refractivity contribution in [3.8, 4) is 11.5 Å². The van der Waals surface area contributed by atoms with Crippen molar-refractivity contribution in [3.63, 3.8) is 0 Å².